The number of carbonyl (C=O) groups excluding carboxylic acids is 1. The number of carbonyl (C=O) groups is 1. The summed E-state index contributed by atoms with van der Waals surface area (Å²) in [5, 5.41) is 0.432. The van der Waals surface area contributed by atoms with Crippen molar-refractivity contribution in [1.82, 2.24) is 4.98 Å². The van der Waals surface area contributed by atoms with Crippen LogP contribution in [0.5, 0.6) is 0 Å². The second-order valence-electron chi connectivity index (χ2n) is 4.72. The fourth-order valence-electron chi connectivity index (χ4n) is 2.40. The van der Waals surface area contributed by atoms with Crippen LogP contribution in [-0.2, 0) is 0 Å². The first-order chi connectivity index (χ1) is 9.68. The van der Waals surface area contributed by atoms with E-state index in [4.69, 9.17) is 11.6 Å². The van der Waals surface area contributed by atoms with Crippen molar-refractivity contribution in [3.63, 3.8) is 0 Å². The average molecular weight is 288 g/mol. The van der Waals surface area contributed by atoms with Crippen LogP contribution in [0.3, 0.4) is 0 Å². The van der Waals surface area contributed by atoms with E-state index < -0.39 is 0 Å². The molecule has 0 aliphatic carbocycles. The van der Waals surface area contributed by atoms with Gasteiger partial charge in [-0.2, -0.15) is 0 Å². The fraction of sp³-hybridized carbons (Fsp3) is 0.200. The number of rotatable bonds is 1. The summed E-state index contributed by atoms with van der Waals surface area (Å²) in [6.45, 7) is 1.43. The van der Waals surface area contributed by atoms with Crippen LogP contribution in [-0.4, -0.2) is 31.0 Å². The Labute approximate surface area is 122 Å². The summed E-state index contributed by atoms with van der Waals surface area (Å²) in [4.78, 5) is 20.6. The van der Waals surface area contributed by atoms with Crippen molar-refractivity contribution >= 4 is 28.9 Å². The van der Waals surface area contributed by atoms with Crippen LogP contribution < -0.4 is 9.80 Å². The maximum Gasteiger partial charge on any atom is 0.261 e. The highest BCUT2D eigenvalue weighted by molar-refractivity contribution is 6.34. The number of halogens is 1. The number of para-hydroxylation sites is 2. The number of pyridine rings is 1. The van der Waals surface area contributed by atoms with Gasteiger partial charge in [-0.05, 0) is 18.2 Å². The number of hydrogen-bond donors (Lipinski definition) is 0. The Kier molecular flexibility index (Phi) is 3.32. The van der Waals surface area contributed by atoms with Crippen molar-refractivity contribution in [3.05, 3.63) is 53.3 Å². The monoisotopic (exact) mass is 287 g/mol. The van der Waals surface area contributed by atoms with Gasteiger partial charge in [-0.25, -0.2) is 0 Å². The molecule has 0 saturated heterocycles. The van der Waals surface area contributed by atoms with E-state index >= 15 is 0 Å². The lowest BCUT2D eigenvalue weighted by molar-refractivity contribution is 0.0986. The highest BCUT2D eigenvalue weighted by Gasteiger charge is 2.26. The molecule has 1 aromatic carbocycles. The van der Waals surface area contributed by atoms with Crippen molar-refractivity contribution in [3.8, 4) is 0 Å². The van der Waals surface area contributed by atoms with E-state index in [1.807, 2.05) is 31.3 Å². The molecule has 0 unspecified atom stereocenters. The minimum absolute atomic E-state index is 0.108. The first-order valence-corrected chi connectivity index (χ1v) is 6.78. The van der Waals surface area contributed by atoms with Gasteiger partial charge >= 0.3 is 0 Å². The summed E-state index contributed by atoms with van der Waals surface area (Å²) in [6, 6.07) is 9.51. The average Bonchev–Trinajstić information content (AvgIpc) is 2.48. The van der Waals surface area contributed by atoms with Gasteiger partial charge in [0.05, 0.1) is 22.0 Å². The van der Waals surface area contributed by atoms with E-state index in [-0.39, 0.29) is 5.91 Å². The predicted molar refractivity (Wildman–Crippen MR) is 80.6 cm³/mol. The van der Waals surface area contributed by atoms with Crippen molar-refractivity contribution in [2.45, 2.75) is 0 Å². The van der Waals surface area contributed by atoms with Crippen LogP contribution in [0.25, 0.3) is 0 Å². The summed E-state index contributed by atoms with van der Waals surface area (Å²) in [5.41, 5.74) is 2.40. The Morgan fingerprint density at radius 1 is 1.20 bits per heavy atom. The first kappa shape index (κ1) is 12.9. The van der Waals surface area contributed by atoms with Gasteiger partial charge in [0.1, 0.15) is 0 Å². The smallest absolute Gasteiger partial charge is 0.261 e. The van der Waals surface area contributed by atoms with Crippen molar-refractivity contribution in [2.75, 3.05) is 29.9 Å². The molecule has 20 heavy (non-hydrogen) atoms. The van der Waals surface area contributed by atoms with Crippen LogP contribution in [0, 0.1) is 0 Å². The Balaban J connectivity index is 2.02. The maximum atomic E-state index is 12.7. The molecule has 1 amide bonds. The second kappa shape index (κ2) is 5.13. The molecule has 0 N–H and O–H groups in total. The van der Waals surface area contributed by atoms with Crippen molar-refractivity contribution in [1.29, 1.82) is 0 Å². The topological polar surface area (TPSA) is 36.4 Å². The van der Waals surface area contributed by atoms with Crippen LogP contribution in [0.2, 0.25) is 5.02 Å². The molecule has 1 aliphatic heterocycles. The number of benzene rings is 1. The molecule has 1 aliphatic rings. The zero-order valence-electron chi connectivity index (χ0n) is 11.1. The molecule has 4 nitrogen and oxygen atoms in total. The van der Waals surface area contributed by atoms with E-state index in [9.17, 15) is 4.79 Å². The van der Waals surface area contributed by atoms with E-state index in [2.05, 4.69) is 9.88 Å². The predicted octanol–water partition coefficient (Wildman–Crippen LogP) is 2.83. The Bertz CT molecular complexity index is 659. The molecule has 0 spiro atoms. The lowest BCUT2D eigenvalue weighted by Gasteiger charge is -2.35. The molecule has 0 radical (unpaired) electrons. The molecular formula is C15H14ClN3O. The van der Waals surface area contributed by atoms with Crippen LogP contribution in [0.1, 0.15) is 10.4 Å². The highest BCUT2D eigenvalue weighted by atomic mass is 35.5. The number of aromatic nitrogens is 1. The third-order valence-electron chi connectivity index (χ3n) is 3.49. The van der Waals surface area contributed by atoms with Gasteiger partial charge in [0.15, 0.2) is 0 Å². The number of nitrogens with zero attached hydrogens (tertiary/aromatic N) is 3. The summed E-state index contributed by atoms with van der Waals surface area (Å²) < 4.78 is 0. The number of anilines is 2. The van der Waals surface area contributed by atoms with Crippen LogP contribution >= 0.6 is 11.6 Å². The lowest BCUT2D eigenvalue weighted by atomic mass is 10.1. The third kappa shape index (κ3) is 2.12. The molecule has 2 aromatic rings. The van der Waals surface area contributed by atoms with Gasteiger partial charge in [-0.3, -0.25) is 9.78 Å². The minimum Gasteiger partial charge on any atom is -0.371 e. The quantitative estimate of drug-likeness (QED) is 0.809. The van der Waals surface area contributed by atoms with Gasteiger partial charge in [-0.1, -0.05) is 23.7 Å². The minimum atomic E-state index is -0.108. The molecule has 0 atom stereocenters. The molecule has 3 rings (SSSR count). The lowest BCUT2D eigenvalue weighted by Crippen LogP contribution is -2.42. The Morgan fingerprint density at radius 3 is 2.70 bits per heavy atom. The molecular weight excluding hydrogens is 274 g/mol. The fourth-order valence-corrected chi connectivity index (χ4v) is 2.58. The second-order valence-corrected chi connectivity index (χ2v) is 5.13. The number of hydrogen-bond acceptors (Lipinski definition) is 3. The van der Waals surface area contributed by atoms with Crippen molar-refractivity contribution in [2.24, 2.45) is 0 Å². The molecule has 5 heteroatoms. The molecule has 1 aromatic heterocycles. The number of likely N-dealkylation sites (N-methyl/N-ethyl adjacent to an activating group) is 1. The van der Waals surface area contributed by atoms with Gasteiger partial charge in [0, 0.05) is 32.5 Å². The normalized spacial score (nSPS) is 14.1. The summed E-state index contributed by atoms with van der Waals surface area (Å²) in [6.07, 6.45) is 3.10. The number of amides is 1. The molecule has 2 heterocycles. The molecule has 102 valence electrons. The van der Waals surface area contributed by atoms with Crippen LogP contribution in [0.4, 0.5) is 11.4 Å². The van der Waals surface area contributed by atoms with Gasteiger partial charge in [0.25, 0.3) is 5.91 Å². The van der Waals surface area contributed by atoms with Gasteiger partial charge < -0.3 is 9.80 Å². The SMILES string of the molecule is CN1CCN(C(=O)c2cnccc2Cl)c2ccccc21. The highest BCUT2D eigenvalue weighted by Crippen LogP contribution is 2.33. The van der Waals surface area contributed by atoms with Gasteiger partial charge in [-0.15, -0.1) is 0 Å². The van der Waals surface area contributed by atoms with Crippen molar-refractivity contribution < 1.29 is 4.79 Å². The molecule has 0 saturated carbocycles. The Morgan fingerprint density at radius 2 is 1.95 bits per heavy atom. The summed E-state index contributed by atoms with van der Waals surface area (Å²) in [5.74, 6) is -0.108. The Hall–Kier alpha value is -2.07. The zero-order chi connectivity index (χ0) is 14.1. The molecule has 0 bridgehead atoms. The third-order valence-corrected chi connectivity index (χ3v) is 3.82. The maximum absolute atomic E-state index is 12.7. The molecule has 0 fully saturated rings. The van der Waals surface area contributed by atoms with E-state index in [1.54, 1.807) is 17.2 Å². The number of fused-ring (bicyclic) bond motifs is 1. The van der Waals surface area contributed by atoms with Crippen LogP contribution in [0.15, 0.2) is 42.7 Å². The largest absolute Gasteiger partial charge is 0.371 e. The van der Waals surface area contributed by atoms with E-state index in [0.717, 1.165) is 17.9 Å². The summed E-state index contributed by atoms with van der Waals surface area (Å²) in [7, 11) is 2.03. The van der Waals surface area contributed by atoms with E-state index in [1.165, 1.54) is 6.20 Å². The van der Waals surface area contributed by atoms with Gasteiger partial charge in [0.2, 0.25) is 0 Å². The first-order valence-electron chi connectivity index (χ1n) is 6.40. The van der Waals surface area contributed by atoms with E-state index in [0.29, 0.717) is 17.1 Å². The standard InChI is InChI=1S/C15H14ClN3O/c1-18-8-9-19(14-5-3-2-4-13(14)18)15(20)11-10-17-7-6-12(11)16/h2-7,10H,8-9H2,1H3. The summed E-state index contributed by atoms with van der Waals surface area (Å²) >= 11 is 6.10. The zero-order valence-corrected chi connectivity index (χ0v) is 11.8.